The Morgan fingerprint density at radius 2 is 2.21 bits per heavy atom. The molecule has 0 spiro atoms. The van der Waals surface area contributed by atoms with Crippen molar-refractivity contribution in [1.82, 2.24) is 14.5 Å². The van der Waals surface area contributed by atoms with Gasteiger partial charge in [0.2, 0.25) is 0 Å². The van der Waals surface area contributed by atoms with Gasteiger partial charge >= 0.3 is 0 Å². The molecule has 0 N–H and O–H groups in total. The summed E-state index contributed by atoms with van der Waals surface area (Å²) < 4.78 is 16.7. The first kappa shape index (κ1) is 18.5. The molecular weight excluding hydrogens is 395 g/mol. The van der Waals surface area contributed by atoms with Crippen LogP contribution in [-0.4, -0.2) is 27.0 Å². The van der Waals surface area contributed by atoms with Gasteiger partial charge in [0.25, 0.3) is 5.91 Å². The molecule has 0 bridgehead atoms. The van der Waals surface area contributed by atoms with Crippen molar-refractivity contribution in [3.8, 4) is 0 Å². The summed E-state index contributed by atoms with van der Waals surface area (Å²) in [6.45, 7) is 1.21. The van der Waals surface area contributed by atoms with E-state index in [1.54, 1.807) is 47.0 Å². The van der Waals surface area contributed by atoms with Crippen molar-refractivity contribution in [2.75, 3.05) is 11.4 Å². The molecule has 28 heavy (non-hydrogen) atoms. The monoisotopic (exact) mass is 412 g/mol. The molecule has 0 atom stereocenters. The van der Waals surface area contributed by atoms with E-state index in [-0.39, 0.29) is 11.7 Å². The molecule has 0 aliphatic rings. The lowest BCUT2D eigenvalue weighted by Gasteiger charge is -2.18. The van der Waals surface area contributed by atoms with Crippen LogP contribution in [0.2, 0.25) is 0 Å². The maximum Gasteiger partial charge on any atom is 0.252 e. The van der Waals surface area contributed by atoms with E-state index >= 15 is 0 Å². The number of para-hydroxylation sites is 1. The highest BCUT2D eigenvalue weighted by Gasteiger charge is 2.19. The lowest BCUT2D eigenvalue weighted by molar-refractivity contribution is -0.114. The number of aryl methyl sites for hydroxylation is 1. The third kappa shape index (κ3) is 4.18. The number of anilines is 1. The van der Waals surface area contributed by atoms with E-state index in [1.807, 2.05) is 34.3 Å². The second kappa shape index (κ2) is 8.45. The number of thiophene rings is 1. The molecule has 3 heterocycles. The van der Waals surface area contributed by atoms with Gasteiger partial charge in [0, 0.05) is 36.4 Å². The first-order chi connectivity index (χ1) is 13.7. The third-order valence-electron chi connectivity index (χ3n) is 4.15. The van der Waals surface area contributed by atoms with E-state index < -0.39 is 0 Å². The second-order valence-corrected chi connectivity index (χ2v) is 8.06. The molecular formula is C20H17FN4OS2. The number of imidazole rings is 1. The first-order valence-corrected chi connectivity index (χ1v) is 10.4. The number of hydrogen-bond acceptors (Lipinski definition) is 5. The number of benzene rings is 1. The van der Waals surface area contributed by atoms with Gasteiger partial charge in [-0.2, -0.15) is 0 Å². The molecule has 1 amide bonds. The highest BCUT2D eigenvalue weighted by molar-refractivity contribution is 7.22. The normalized spacial score (nSPS) is 11.5. The summed E-state index contributed by atoms with van der Waals surface area (Å²) in [7, 11) is 0. The average Bonchev–Trinajstić information content (AvgIpc) is 3.45. The van der Waals surface area contributed by atoms with Gasteiger partial charge in [-0.05, 0) is 36.1 Å². The number of fused-ring (bicyclic) bond motifs is 1. The van der Waals surface area contributed by atoms with Gasteiger partial charge < -0.3 is 4.57 Å². The van der Waals surface area contributed by atoms with Crippen LogP contribution in [0.5, 0.6) is 0 Å². The number of carbonyl (C=O) groups is 1. The fourth-order valence-electron chi connectivity index (χ4n) is 2.78. The van der Waals surface area contributed by atoms with Crippen LogP contribution in [0.15, 0.2) is 60.5 Å². The minimum Gasteiger partial charge on any atom is -0.337 e. The van der Waals surface area contributed by atoms with E-state index in [9.17, 15) is 9.18 Å². The van der Waals surface area contributed by atoms with E-state index in [0.29, 0.717) is 17.2 Å². The van der Waals surface area contributed by atoms with Crippen LogP contribution >= 0.6 is 22.7 Å². The summed E-state index contributed by atoms with van der Waals surface area (Å²) in [6, 6.07) is 8.74. The molecule has 0 saturated heterocycles. The van der Waals surface area contributed by atoms with E-state index in [2.05, 4.69) is 9.97 Å². The highest BCUT2D eigenvalue weighted by Crippen LogP contribution is 2.30. The van der Waals surface area contributed by atoms with Gasteiger partial charge in [0.05, 0.1) is 11.0 Å². The van der Waals surface area contributed by atoms with Crippen LogP contribution in [0.25, 0.3) is 16.3 Å². The Bertz CT molecular complexity index is 1090. The maximum absolute atomic E-state index is 14.1. The smallest absolute Gasteiger partial charge is 0.252 e. The number of thiazole rings is 1. The van der Waals surface area contributed by atoms with Crippen LogP contribution in [0.4, 0.5) is 9.52 Å². The Hall–Kier alpha value is -2.84. The molecule has 0 radical (unpaired) electrons. The van der Waals surface area contributed by atoms with Crippen LogP contribution in [0, 0.1) is 5.82 Å². The van der Waals surface area contributed by atoms with Gasteiger partial charge in [0.1, 0.15) is 11.3 Å². The first-order valence-electron chi connectivity index (χ1n) is 8.74. The summed E-state index contributed by atoms with van der Waals surface area (Å²) in [5, 5.41) is 2.47. The predicted octanol–water partition coefficient (Wildman–Crippen LogP) is 4.83. The summed E-state index contributed by atoms with van der Waals surface area (Å²) in [4.78, 5) is 23.9. The zero-order valence-electron chi connectivity index (χ0n) is 14.9. The topological polar surface area (TPSA) is 51.0 Å². The lowest BCUT2D eigenvalue weighted by Crippen LogP contribution is -2.30. The van der Waals surface area contributed by atoms with Gasteiger partial charge in [-0.15, -0.1) is 11.3 Å². The predicted molar refractivity (Wildman–Crippen MR) is 112 cm³/mol. The number of rotatable bonds is 7. The van der Waals surface area contributed by atoms with Crippen molar-refractivity contribution in [3.63, 3.8) is 0 Å². The van der Waals surface area contributed by atoms with Crippen molar-refractivity contribution in [1.29, 1.82) is 0 Å². The molecule has 4 aromatic rings. The molecule has 8 heteroatoms. The van der Waals surface area contributed by atoms with Crippen molar-refractivity contribution >= 4 is 50.0 Å². The van der Waals surface area contributed by atoms with Gasteiger partial charge in [-0.1, -0.05) is 23.5 Å². The summed E-state index contributed by atoms with van der Waals surface area (Å²) in [5.74, 6) is -0.543. The minimum atomic E-state index is -0.375. The van der Waals surface area contributed by atoms with Gasteiger partial charge in [-0.3, -0.25) is 9.69 Å². The molecule has 0 fully saturated rings. The quantitative estimate of drug-likeness (QED) is 0.409. The number of hydrogen-bond donors (Lipinski definition) is 0. The Balaban J connectivity index is 1.57. The zero-order valence-corrected chi connectivity index (χ0v) is 16.5. The van der Waals surface area contributed by atoms with Gasteiger partial charge in [0.15, 0.2) is 5.13 Å². The van der Waals surface area contributed by atoms with Crippen molar-refractivity contribution in [2.45, 2.75) is 13.0 Å². The van der Waals surface area contributed by atoms with Crippen LogP contribution < -0.4 is 4.90 Å². The molecule has 1 aromatic carbocycles. The summed E-state index contributed by atoms with van der Waals surface area (Å²) >= 11 is 2.89. The Morgan fingerprint density at radius 1 is 1.29 bits per heavy atom. The average molecular weight is 413 g/mol. The molecule has 142 valence electrons. The molecule has 3 aromatic heterocycles. The second-order valence-electron chi connectivity index (χ2n) is 6.08. The van der Waals surface area contributed by atoms with Crippen molar-refractivity contribution < 1.29 is 9.18 Å². The molecule has 0 unspecified atom stereocenters. The molecule has 4 rings (SSSR count). The molecule has 0 aliphatic carbocycles. The number of nitrogens with zero attached hydrogens (tertiary/aromatic N) is 4. The zero-order chi connectivity index (χ0) is 19.3. The number of halogens is 1. The summed E-state index contributed by atoms with van der Waals surface area (Å²) in [5.41, 5.74) is 0.303. The third-order valence-corrected chi connectivity index (χ3v) is 6.03. The van der Waals surface area contributed by atoms with E-state index in [0.717, 1.165) is 22.5 Å². The highest BCUT2D eigenvalue weighted by atomic mass is 32.1. The van der Waals surface area contributed by atoms with Crippen LogP contribution in [0.3, 0.4) is 0 Å². The minimum absolute atomic E-state index is 0.168. The number of aromatic nitrogens is 3. The van der Waals surface area contributed by atoms with Crippen molar-refractivity contribution in [2.24, 2.45) is 0 Å². The molecule has 0 aliphatic heterocycles. The van der Waals surface area contributed by atoms with E-state index in [4.69, 9.17) is 0 Å². The fourth-order valence-corrected chi connectivity index (χ4v) is 4.41. The number of carbonyl (C=O) groups excluding carboxylic acids is 1. The van der Waals surface area contributed by atoms with E-state index in [1.165, 1.54) is 17.4 Å². The SMILES string of the molecule is O=C(C=Cc1cccs1)N(CCCn1ccnc1)c1nc2c(F)cccc2s1. The van der Waals surface area contributed by atoms with Crippen molar-refractivity contribution in [3.05, 3.63) is 71.2 Å². The standard InChI is InChI=1S/C20H17FN4OS2/c21-16-5-1-6-17-19(16)23-20(28-17)25(11-3-10-24-12-9-22-14-24)18(26)8-7-15-4-2-13-27-15/h1-2,4-9,12-14H,3,10-11H2. The van der Waals surface area contributed by atoms with Gasteiger partial charge in [-0.25, -0.2) is 14.4 Å². The molecule has 0 saturated carbocycles. The summed E-state index contributed by atoms with van der Waals surface area (Å²) in [6.07, 6.45) is 9.43. The fraction of sp³-hybridized carbons (Fsp3) is 0.150. The number of amides is 1. The Morgan fingerprint density at radius 3 is 2.96 bits per heavy atom. The molecule has 5 nitrogen and oxygen atoms in total. The Labute approximate surface area is 169 Å². The lowest BCUT2D eigenvalue weighted by atomic mass is 10.3. The van der Waals surface area contributed by atoms with Crippen LogP contribution in [-0.2, 0) is 11.3 Å². The maximum atomic E-state index is 14.1. The largest absolute Gasteiger partial charge is 0.337 e. The van der Waals surface area contributed by atoms with Crippen LogP contribution in [0.1, 0.15) is 11.3 Å². The Kier molecular flexibility index (Phi) is 5.59.